The number of hydrogen-bond donors (Lipinski definition) is 3. The SMILES string of the molecule is COc1ccc(NCC(N)CN)cc1. The van der Waals surface area contributed by atoms with Crippen molar-refractivity contribution in [1.29, 1.82) is 0 Å². The third kappa shape index (κ3) is 3.24. The van der Waals surface area contributed by atoms with Crippen molar-refractivity contribution in [2.45, 2.75) is 6.04 Å². The van der Waals surface area contributed by atoms with Gasteiger partial charge in [-0.15, -0.1) is 0 Å². The van der Waals surface area contributed by atoms with E-state index in [2.05, 4.69) is 5.32 Å². The number of methoxy groups -OCH3 is 1. The lowest BCUT2D eigenvalue weighted by atomic mass is 10.2. The molecule has 0 aromatic heterocycles. The molecule has 1 unspecified atom stereocenters. The summed E-state index contributed by atoms with van der Waals surface area (Å²) < 4.78 is 5.04. The van der Waals surface area contributed by atoms with Crippen molar-refractivity contribution in [3.8, 4) is 5.75 Å². The number of nitrogens with one attached hydrogen (secondary N) is 1. The summed E-state index contributed by atoms with van der Waals surface area (Å²) in [5.41, 5.74) is 12.1. The Bertz CT molecular complexity index is 261. The minimum Gasteiger partial charge on any atom is -0.497 e. The minimum atomic E-state index is -0.00268. The molecule has 1 aromatic rings. The average Bonchev–Trinajstić information content (AvgIpc) is 2.26. The first kappa shape index (κ1) is 10.8. The molecule has 4 heteroatoms. The molecule has 1 rings (SSSR count). The maximum Gasteiger partial charge on any atom is 0.119 e. The molecule has 0 fully saturated rings. The molecule has 0 aliphatic carbocycles. The summed E-state index contributed by atoms with van der Waals surface area (Å²) >= 11 is 0. The number of anilines is 1. The van der Waals surface area contributed by atoms with Gasteiger partial charge in [0.25, 0.3) is 0 Å². The van der Waals surface area contributed by atoms with Crippen LogP contribution >= 0.6 is 0 Å². The molecule has 14 heavy (non-hydrogen) atoms. The van der Waals surface area contributed by atoms with Gasteiger partial charge >= 0.3 is 0 Å². The number of hydrogen-bond acceptors (Lipinski definition) is 4. The van der Waals surface area contributed by atoms with Crippen LogP contribution in [0.3, 0.4) is 0 Å². The number of rotatable bonds is 5. The first-order valence-electron chi connectivity index (χ1n) is 4.60. The van der Waals surface area contributed by atoms with Crippen molar-refractivity contribution >= 4 is 5.69 Å². The fourth-order valence-electron chi connectivity index (χ4n) is 1.04. The van der Waals surface area contributed by atoms with Crippen molar-refractivity contribution in [2.24, 2.45) is 11.5 Å². The maximum absolute atomic E-state index is 5.66. The van der Waals surface area contributed by atoms with Crippen LogP contribution in [0.1, 0.15) is 0 Å². The van der Waals surface area contributed by atoms with Crippen LogP contribution < -0.4 is 21.5 Å². The molecule has 0 spiro atoms. The molecule has 0 bridgehead atoms. The van der Waals surface area contributed by atoms with Gasteiger partial charge in [0.2, 0.25) is 0 Å². The molecule has 1 atom stereocenters. The number of benzene rings is 1. The van der Waals surface area contributed by atoms with Gasteiger partial charge in [0.15, 0.2) is 0 Å². The summed E-state index contributed by atoms with van der Waals surface area (Å²) in [6, 6.07) is 7.69. The van der Waals surface area contributed by atoms with Gasteiger partial charge in [0, 0.05) is 24.8 Å². The quantitative estimate of drug-likeness (QED) is 0.635. The highest BCUT2D eigenvalue weighted by Crippen LogP contribution is 2.14. The molecule has 0 saturated heterocycles. The van der Waals surface area contributed by atoms with Crippen LogP contribution in [0.5, 0.6) is 5.75 Å². The molecule has 0 radical (unpaired) electrons. The van der Waals surface area contributed by atoms with E-state index in [1.807, 2.05) is 24.3 Å². The minimum absolute atomic E-state index is 0.00268. The highest BCUT2D eigenvalue weighted by Gasteiger charge is 1.98. The van der Waals surface area contributed by atoms with Crippen LogP contribution in [0.15, 0.2) is 24.3 Å². The molecule has 4 nitrogen and oxygen atoms in total. The van der Waals surface area contributed by atoms with Crippen LogP contribution in [0, 0.1) is 0 Å². The van der Waals surface area contributed by atoms with Gasteiger partial charge in [-0.2, -0.15) is 0 Å². The van der Waals surface area contributed by atoms with Crippen LogP contribution in [0.25, 0.3) is 0 Å². The summed E-state index contributed by atoms with van der Waals surface area (Å²) in [6.45, 7) is 1.17. The normalized spacial score (nSPS) is 12.2. The van der Waals surface area contributed by atoms with E-state index in [4.69, 9.17) is 16.2 Å². The second-order valence-corrected chi connectivity index (χ2v) is 3.11. The molecule has 0 heterocycles. The zero-order valence-corrected chi connectivity index (χ0v) is 8.36. The van der Waals surface area contributed by atoms with Crippen molar-refractivity contribution in [2.75, 3.05) is 25.5 Å². The van der Waals surface area contributed by atoms with E-state index in [1.54, 1.807) is 7.11 Å². The van der Waals surface area contributed by atoms with Crippen molar-refractivity contribution in [1.82, 2.24) is 0 Å². The highest BCUT2D eigenvalue weighted by molar-refractivity contribution is 5.46. The fraction of sp³-hybridized carbons (Fsp3) is 0.400. The molecule has 5 N–H and O–H groups in total. The molecule has 0 aliphatic heterocycles. The lowest BCUT2D eigenvalue weighted by molar-refractivity contribution is 0.415. The van der Waals surface area contributed by atoms with Gasteiger partial charge in [-0.3, -0.25) is 0 Å². The smallest absolute Gasteiger partial charge is 0.119 e. The molecular formula is C10H17N3O. The zero-order valence-electron chi connectivity index (χ0n) is 8.36. The summed E-state index contributed by atoms with van der Waals surface area (Å²) in [7, 11) is 1.65. The molecule has 1 aromatic carbocycles. The second-order valence-electron chi connectivity index (χ2n) is 3.11. The Balaban J connectivity index is 2.43. The van der Waals surface area contributed by atoms with Gasteiger partial charge in [-0.25, -0.2) is 0 Å². The predicted molar refractivity (Wildman–Crippen MR) is 58.5 cm³/mol. The van der Waals surface area contributed by atoms with Crippen LogP contribution in [0.4, 0.5) is 5.69 Å². The Labute approximate surface area is 84.2 Å². The standard InChI is InChI=1S/C10H17N3O/c1-14-10-4-2-9(3-5-10)13-7-8(12)6-11/h2-5,8,13H,6-7,11-12H2,1H3. The highest BCUT2D eigenvalue weighted by atomic mass is 16.5. The molecule has 0 amide bonds. The van der Waals surface area contributed by atoms with Crippen molar-refractivity contribution in [3.05, 3.63) is 24.3 Å². The van der Waals surface area contributed by atoms with E-state index in [1.165, 1.54) is 0 Å². The molecule has 78 valence electrons. The van der Waals surface area contributed by atoms with E-state index in [-0.39, 0.29) is 6.04 Å². The Kier molecular flexibility index (Phi) is 4.22. The Hall–Kier alpha value is -1.26. The van der Waals surface area contributed by atoms with Gasteiger partial charge in [-0.05, 0) is 24.3 Å². The van der Waals surface area contributed by atoms with Crippen molar-refractivity contribution in [3.63, 3.8) is 0 Å². The molecule has 0 saturated carbocycles. The van der Waals surface area contributed by atoms with Crippen molar-refractivity contribution < 1.29 is 4.74 Å². The average molecular weight is 195 g/mol. The summed E-state index contributed by atoms with van der Waals surface area (Å²) in [6.07, 6.45) is 0. The Morgan fingerprint density at radius 3 is 2.50 bits per heavy atom. The van der Waals surface area contributed by atoms with Gasteiger partial charge in [0.1, 0.15) is 5.75 Å². The topological polar surface area (TPSA) is 73.3 Å². The third-order valence-corrected chi connectivity index (χ3v) is 1.96. The predicted octanol–water partition coefficient (Wildman–Crippen LogP) is 0.393. The van der Waals surface area contributed by atoms with E-state index < -0.39 is 0 Å². The van der Waals surface area contributed by atoms with Gasteiger partial charge < -0.3 is 21.5 Å². The third-order valence-electron chi connectivity index (χ3n) is 1.96. The monoisotopic (exact) mass is 195 g/mol. The van der Waals surface area contributed by atoms with Gasteiger partial charge in [0.05, 0.1) is 7.11 Å². The summed E-state index contributed by atoms with van der Waals surface area (Å²) in [5.74, 6) is 0.846. The first-order chi connectivity index (χ1) is 6.76. The zero-order chi connectivity index (χ0) is 10.4. The lowest BCUT2D eigenvalue weighted by Gasteiger charge is -2.11. The summed E-state index contributed by atoms with van der Waals surface area (Å²) in [4.78, 5) is 0. The van der Waals surface area contributed by atoms with E-state index in [0.29, 0.717) is 13.1 Å². The number of ether oxygens (including phenoxy) is 1. The van der Waals surface area contributed by atoms with Gasteiger partial charge in [-0.1, -0.05) is 0 Å². The van der Waals surface area contributed by atoms with E-state index in [0.717, 1.165) is 11.4 Å². The maximum atomic E-state index is 5.66. The van der Waals surface area contributed by atoms with Crippen LogP contribution in [-0.4, -0.2) is 26.2 Å². The molecule has 0 aliphatic rings. The first-order valence-corrected chi connectivity index (χ1v) is 4.60. The Morgan fingerprint density at radius 1 is 1.36 bits per heavy atom. The van der Waals surface area contributed by atoms with Crippen LogP contribution in [-0.2, 0) is 0 Å². The number of nitrogens with two attached hydrogens (primary N) is 2. The lowest BCUT2D eigenvalue weighted by Crippen LogP contribution is -2.36. The van der Waals surface area contributed by atoms with E-state index >= 15 is 0 Å². The Morgan fingerprint density at radius 2 is 2.00 bits per heavy atom. The fourth-order valence-corrected chi connectivity index (χ4v) is 1.04. The molecular weight excluding hydrogens is 178 g/mol. The second kappa shape index (κ2) is 5.47. The van der Waals surface area contributed by atoms with E-state index in [9.17, 15) is 0 Å². The largest absolute Gasteiger partial charge is 0.497 e. The van der Waals surface area contributed by atoms with Crippen LogP contribution in [0.2, 0.25) is 0 Å². The summed E-state index contributed by atoms with van der Waals surface area (Å²) in [5, 5.41) is 3.19.